The van der Waals surface area contributed by atoms with Gasteiger partial charge >= 0.3 is 5.97 Å². The Balaban J connectivity index is 1.98. The fourth-order valence-corrected chi connectivity index (χ4v) is 2.46. The second-order valence-electron chi connectivity index (χ2n) is 3.51. The molecule has 2 aromatic rings. The van der Waals surface area contributed by atoms with Crippen molar-refractivity contribution >= 4 is 23.0 Å². The number of carbonyl (C=O) groups excluding carboxylic acids is 1. The average Bonchev–Trinajstić information content (AvgIpc) is 2.81. The molecule has 16 heavy (non-hydrogen) atoms. The highest BCUT2D eigenvalue weighted by Crippen LogP contribution is 2.35. The van der Waals surface area contributed by atoms with Crippen LogP contribution in [0.1, 0.15) is 10.9 Å². The van der Waals surface area contributed by atoms with Crippen molar-refractivity contribution in [2.24, 2.45) is 0 Å². The Bertz CT molecular complexity index is 522. The highest BCUT2D eigenvalue weighted by molar-refractivity contribution is 7.10. The van der Waals surface area contributed by atoms with Crippen LogP contribution in [0.2, 0.25) is 0 Å². The lowest BCUT2D eigenvalue weighted by molar-refractivity contribution is -0.135. The summed E-state index contributed by atoms with van der Waals surface area (Å²) in [4.78, 5) is 12.7. The number of thiophene rings is 1. The molecule has 4 heteroatoms. The first-order chi connectivity index (χ1) is 7.84. The minimum atomic E-state index is -0.380. The predicted octanol–water partition coefficient (Wildman–Crippen LogP) is 2.82. The van der Waals surface area contributed by atoms with Gasteiger partial charge in [-0.15, -0.1) is 11.3 Å². The molecule has 3 nitrogen and oxygen atoms in total. The first-order valence-electron chi connectivity index (χ1n) is 4.95. The fraction of sp³-hybridized carbons (Fsp3) is 0.0833. The van der Waals surface area contributed by atoms with Crippen LogP contribution in [0.4, 0.5) is 5.69 Å². The summed E-state index contributed by atoms with van der Waals surface area (Å²) in [5.74, 6) is 0.349. The van der Waals surface area contributed by atoms with Crippen LogP contribution in [-0.4, -0.2) is 5.97 Å². The molecule has 2 heterocycles. The third kappa shape index (κ3) is 1.47. The van der Waals surface area contributed by atoms with E-state index in [1.165, 1.54) is 0 Å². The molecule has 1 aromatic carbocycles. The molecular formula is C12H9NO2S. The highest BCUT2D eigenvalue weighted by Gasteiger charge is 2.29. The molecule has 0 aliphatic carbocycles. The topological polar surface area (TPSA) is 38.3 Å². The van der Waals surface area contributed by atoms with E-state index >= 15 is 0 Å². The molecule has 0 unspecified atom stereocenters. The van der Waals surface area contributed by atoms with Crippen molar-refractivity contribution < 1.29 is 9.53 Å². The number of rotatable bonds is 1. The molecule has 0 spiro atoms. The molecule has 80 valence electrons. The molecule has 0 saturated heterocycles. The molecular weight excluding hydrogens is 222 g/mol. The molecule has 0 saturated carbocycles. The molecule has 1 aliphatic heterocycles. The largest absolute Gasteiger partial charge is 0.423 e. The standard InChI is InChI=1S/C12H9NO2S/c14-12-11(10-6-3-7-16-10)13-8-4-1-2-5-9(8)15-12/h1-7,11,13H/t11-/m1/s1. The third-order valence-corrected chi connectivity index (χ3v) is 3.40. The smallest absolute Gasteiger partial charge is 0.339 e. The van der Waals surface area contributed by atoms with Gasteiger partial charge < -0.3 is 10.1 Å². The molecule has 1 aliphatic rings. The van der Waals surface area contributed by atoms with Gasteiger partial charge in [0, 0.05) is 4.88 Å². The van der Waals surface area contributed by atoms with Gasteiger partial charge in [-0.3, -0.25) is 0 Å². The molecule has 1 N–H and O–H groups in total. The summed E-state index contributed by atoms with van der Waals surface area (Å²) >= 11 is 1.54. The Labute approximate surface area is 96.7 Å². The van der Waals surface area contributed by atoms with Gasteiger partial charge in [0.05, 0.1) is 5.69 Å². The van der Waals surface area contributed by atoms with Crippen LogP contribution >= 0.6 is 11.3 Å². The summed E-state index contributed by atoms with van der Waals surface area (Å²) in [6, 6.07) is 10.9. The lowest BCUT2D eigenvalue weighted by atomic mass is 10.1. The van der Waals surface area contributed by atoms with Gasteiger partial charge in [0.15, 0.2) is 11.8 Å². The second-order valence-corrected chi connectivity index (χ2v) is 4.49. The van der Waals surface area contributed by atoms with Crippen LogP contribution in [0.5, 0.6) is 5.75 Å². The Kier molecular flexibility index (Phi) is 2.15. The first-order valence-corrected chi connectivity index (χ1v) is 5.83. The normalized spacial score (nSPS) is 18.5. The summed E-state index contributed by atoms with van der Waals surface area (Å²) in [6.45, 7) is 0. The molecule has 1 aromatic heterocycles. The molecule has 0 amide bonds. The first kappa shape index (κ1) is 9.42. The molecule has 0 fully saturated rings. The number of ether oxygens (including phenoxy) is 1. The van der Waals surface area contributed by atoms with Crippen LogP contribution in [0.3, 0.4) is 0 Å². The van der Waals surface area contributed by atoms with E-state index in [9.17, 15) is 4.79 Å². The van der Waals surface area contributed by atoms with E-state index in [4.69, 9.17) is 4.74 Å². The number of hydrogen-bond acceptors (Lipinski definition) is 4. The average molecular weight is 231 g/mol. The van der Waals surface area contributed by atoms with Gasteiger partial charge in [0.1, 0.15) is 0 Å². The lowest BCUT2D eigenvalue weighted by Crippen LogP contribution is -2.29. The van der Waals surface area contributed by atoms with Crippen molar-refractivity contribution in [1.29, 1.82) is 0 Å². The summed E-state index contributed by atoms with van der Waals surface area (Å²) < 4.78 is 5.27. The summed E-state index contributed by atoms with van der Waals surface area (Å²) in [7, 11) is 0. The zero-order valence-electron chi connectivity index (χ0n) is 8.34. The Morgan fingerprint density at radius 2 is 2.06 bits per heavy atom. The quantitative estimate of drug-likeness (QED) is 0.606. The third-order valence-electron chi connectivity index (χ3n) is 2.46. The van der Waals surface area contributed by atoms with Crippen molar-refractivity contribution in [3.63, 3.8) is 0 Å². The fourth-order valence-electron chi connectivity index (χ4n) is 1.70. The maximum Gasteiger partial charge on any atom is 0.339 e. The molecule has 1 atom stereocenters. The zero-order valence-corrected chi connectivity index (χ0v) is 9.16. The van der Waals surface area contributed by atoms with E-state index in [1.54, 1.807) is 17.4 Å². The van der Waals surface area contributed by atoms with E-state index in [0.29, 0.717) is 5.75 Å². The number of anilines is 1. The molecule has 0 bridgehead atoms. The number of carbonyl (C=O) groups is 1. The summed E-state index contributed by atoms with van der Waals surface area (Å²) in [6.07, 6.45) is 0. The van der Waals surface area contributed by atoms with Crippen molar-refractivity contribution in [2.75, 3.05) is 5.32 Å². The van der Waals surface area contributed by atoms with Crippen LogP contribution in [0.15, 0.2) is 41.8 Å². The van der Waals surface area contributed by atoms with Gasteiger partial charge in [0.2, 0.25) is 0 Å². The van der Waals surface area contributed by atoms with Gasteiger partial charge in [0.25, 0.3) is 0 Å². The van der Waals surface area contributed by atoms with Crippen LogP contribution < -0.4 is 10.1 Å². The SMILES string of the molecule is O=C1Oc2ccccc2N[C@@H]1c1cccs1. The lowest BCUT2D eigenvalue weighted by Gasteiger charge is -2.24. The zero-order chi connectivity index (χ0) is 11.0. The van der Waals surface area contributed by atoms with Crippen LogP contribution in [-0.2, 0) is 4.79 Å². The number of esters is 1. The summed E-state index contributed by atoms with van der Waals surface area (Å²) in [5, 5.41) is 5.13. The van der Waals surface area contributed by atoms with E-state index in [1.807, 2.05) is 35.7 Å². The van der Waals surface area contributed by atoms with Crippen molar-refractivity contribution in [3.05, 3.63) is 46.7 Å². The van der Waals surface area contributed by atoms with Gasteiger partial charge in [-0.1, -0.05) is 18.2 Å². The molecule has 3 rings (SSSR count). The Hall–Kier alpha value is -1.81. The maximum atomic E-state index is 11.8. The number of hydrogen-bond donors (Lipinski definition) is 1. The predicted molar refractivity (Wildman–Crippen MR) is 62.8 cm³/mol. The van der Waals surface area contributed by atoms with Crippen LogP contribution in [0, 0.1) is 0 Å². The van der Waals surface area contributed by atoms with Gasteiger partial charge in [-0.25, -0.2) is 4.79 Å². The van der Waals surface area contributed by atoms with Crippen molar-refractivity contribution in [2.45, 2.75) is 6.04 Å². The van der Waals surface area contributed by atoms with E-state index in [-0.39, 0.29) is 12.0 Å². The minimum absolute atomic E-state index is 0.249. The van der Waals surface area contributed by atoms with E-state index in [0.717, 1.165) is 10.6 Å². The van der Waals surface area contributed by atoms with Gasteiger partial charge in [-0.05, 0) is 23.6 Å². The Morgan fingerprint density at radius 1 is 1.19 bits per heavy atom. The second kappa shape index (κ2) is 3.64. The number of fused-ring (bicyclic) bond motifs is 1. The molecule has 0 radical (unpaired) electrons. The Morgan fingerprint density at radius 3 is 2.88 bits per heavy atom. The number of nitrogens with one attached hydrogen (secondary N) is 1. The number of para-hydroxylation sites is 2. The maximum absolute atomic E-state index is 11.8. The van der Waals surface area contributed by atoms with Crippen molar-refractivity contribution in [3.8, 4) is 5.75 Å². The monoisotopic (exact) mass is 231 g/mol. The van der Waals surface area contributed by atoms with E-state index < -0.39 is 0 Å². The number of benzene rings is 1. The van der Waals surface area contributed by atoms with Crippen LogP contribution in [0.25, 0.3) is 0 Å². The minimum Gasteiger partial charge on any atom is -0.423 e. The van der Waals surface area contributed by atoms with Crippen molar-refractivity contribution in [1.82, 2.24) is 0 Å². The van der Waals surface area contributed by atoms with E-state index in [2.05, 4.69) is 5.32 Å². The highest BCUT2D eigenvalue weighted by atomic mass is 32.1. The summed E-state index contributed by atoms with van der Waals surface area (Å²) in [5.41, 5.74) is 0.862. The van der Waals surface area contributed by atoms with Gasteiger partial charge in [-0.2, -0.15) is 0 Å².